The number of halogens is 2. The summed E-state index contributed by atoms with van der Waals surface area (Å²) in [6, 6.07) is 6.06. The van der Waals surface area contributed by atoms with E-state index in [0.717, 1.165) is 41.2 Å². The molecule has 1 aliphatic heterocycles. The zero-order valence-electron chi connectivity index (χ0n) is 13.2. The lowest BCUT2D eigenvalue weighted by Gasteiger charge is -2.31. The molecule has 0 aliphatic carbocycles. The largest absolute Gasteiger partial charge is 0.495 e. The molecular weight excluding hydrogens is 457 g/mol. The first-order valence-electron chi connectivity index (χ1n) is 7.48. The Bertz CT molecular complexity index is 502. The van der Waals surface area contributed by atoms with E-state index in [9.17, 15) is 0 Å². The van der Waals surface area contributed by atoms with E-state index in [1.807, 2.05) is 12.1 Å². The molecule has 1 aromatic rings. The monoisotopic (exact) mass is 481 g/mol. The number of methoxy groups -OCH3 is 1. The Kier molecular flexibility index (Phi) is 8.53. The average molecular weight is 482 g/mol. The summed E-state index contributed by atoms with van der Waals surface area (Å²) in [4.78, 5) is 6.72. The number of benzene rings is 1. The molecule has 0 bridgehead atoms. The number of para-hydroxylation sites is 1. The smallest absolute Gasteiger partial charge is 0.191 e. The second-order valence-electron chi connectivity index (χ2n) is 5.59. The van der Waals surface area contributed by atoms with Gasteiger partial charge in [-0.2, -0.15) is 0 Å². The summed E-state index contributed by atoms with van der Waals surface area (Å²) < 4.78 is 6.40. The first-order valence-corrected chi connectivity index (χ1v) is 8.27. The highest BCUT2D eigenvalue weighted by Crippen LogP contribution is 2.28. The Morgan fingerprint density at radius 2 is 2.09 bits per heavy atom. The fraction of sp³-hybridized carbons (Fsp3) is 0.562. The van der Waals surface area contributed by atoms with Gasteiger partial charge in [0.25, 0.3) is 0 Å². The molecule has 0 aromatic heterocycles. The molecule has 0 amide bonds. The molecule has 2 rings (SSSR count). The fourth-order valence-corrected chi connectivity index (χ4v) is 3.18. The van der Waals surface area contributed by atoms with E-state index in [2.05, 4.69) is 38.8 Å². The van der Waals surface area contributed by atoms with E-state index in [0.29, 0.717) is 12.5 Å². The Morgan fingerprint density at radius 3 is 2.73 bits per heavy atom. The first-order chi connectivity index (χ1) is 10.1. The van der Waals surface area contributed by atoms with E-state index >= 15 is 0 Å². The minimum Gasteiger partial charge on any atom is -0.495 e. The molecule has 2 N–H and O–H groups in total. The Labute approximate surface area is 158 Å². The maximum Gasteiger partial charge on any atom is 0.191 e. The number of likely N-dealkylation sites (tertiary alicyclic amines) is 1. The van der Waals surface area contributed by atoms with Gasteiger partial charge in [-0.1, -0.05) is 19.1 Å². The molecule has 22 heavy (non-hydrogen) atoms. The number of nitrogens with zero attached hydrogens (tertiary/aromatic N) is 2. The quantitative estimate of drug-likeness (QED) is 0.405. The van der Waals surface area contributed by atoms with Crippen LogP contribution in [0.2, 0.25) is 0 Å². The number of piperidine rings is 1. The average Bonchev–Trinajstić information content (AvgIpc) is 2.48. The zero-order valence-corrected chi connectivity index (χ0v) is 17.1. The summed E-state index contributed by atoms with van der Waals surface area (Å²) in [5, 5.41) is 0. The van der Waals surface area contributed by atoms with E-state index in [1.54, 1.807) is 7.11 Å². The third-order valence-electron chi connectivity index (χ3n) is 4.02. The van der Waals surface area contributed by atoms with Crippen molar-refractivity contribution in [1.82, 2.24) is 4.90 Å². The van der Waals surface area contributed by atoms with Crippen LogP contribution < -0.4 is 10.5 Å². The van der Waals surface area contributed by atoms with Crippen molar-refractivity contribution >= 4 is 45.9 Å². The van der Waals surface area contributed by atoms with Gasteiger partial charge in [-0.05, 0) is 52.7 Å². The summed E-state index contributed by atoms with van der Waals surface area (Å²) >= 11 is 3.50. The molecule has 0 unspecified atom stereocenters. The molecule has 0 spiro atoms. The molecule has 1 fully saturated rings. The number of rotatable bonds is 4. The van der Waals surface area contributed by atoms with Crippen LogP contribution >= 0.6 is 39.9 Å². The molecule has 1 aromatic carbocycles. The second kappa shape index (κ2) is 9.60. The van der Waals surface area contributed by atoms with Crippen LogP contribution in [0.4, 0.5) is 0 Å². The fourth-order valence-electron chi connectivity index (χ4n) is 2.61. The lowest BCUT2D eigenvalue weighted by atomic mass is 10.00. The Morgan fingerprint density at radius 1 is 1.41 bits per heavy atom. The van der Waals surface area contributed by atoms with Gasteiger partial charge >= 0.3 is 0 Å². The maximum atomic E-state index is 6.09. The van der Waals surface area contributed by atoms with Gasteiger partial charge in [0, 0.05) is 19.6 Å². The molecule has 1 saturated heterocycles. The minimum absolute atomic E-state index is 0. The highest BCUT2D eigenvalue weighted by molar-refractivity contribution is 14.0. The second-order valence-corrected chi connectivity index (χ2v) is 6.45. The van der Waals surface area contributed by atoms with Crippen molar-refractivity contribution in [3.8, 4) is 5.75 Å². The molecule has 4 nitrogen and oxygen atoms in total. The lowest BCUT2D eigenvalue weighted by molar-refractivity contribution is 0.277. The van der Waals surface area contributed by atoms with Gasteiger partial charge in [0.05, 0.1) is 11.6 Å². The minimum atomic E-state index is 0. The number of guanidine groups is 1. The molecule has 6 heteroatoms. The number of nitrogens with two attached hydrogens (primary N) is 1. The topological polar surface area (TPSA) is 50.9 Å². The van der Waals surface area contributed by atoms with Gasteiger partial charge < -0.3 is 15.4 Å². The molecule has 1 heterocycles. The van der Waals surface area contributed by atoms with Crippen LogP contribution in [0.1, 0.15) is 25.3 Å². The lowest BCUT2D eigenvalue weighted by Crippen LogP contribution is -2.42. The van der Waals surface area contributed by atoms with Gasteiger partial charge in [0.2, 0.25) is 0 Å². The molecule has 0 atom stereocenters. The van der Waals surface area contributed by atoms with Crippen LogP contribution in [0.3, 0.4) is 0 Å². The van der Waals surface area contributed by atoms with Crippen LogP contribution in [-0.4, -0.2) is 37.6 Å². The number of aliphatic imine (C=N–C) groups is 1. The van der Waals surface area contributed by atoms with E-state index in [4.69, 9.17) is 10.5 Å². The van der Waals surface area contributed by atoms with Gasteiger partial charge in [-0.25, -0.2) is 0 Å². The van der Waals surface area contributed by atoms with Crippen LogP contribution in [0.5, 0.6) is 5.75 Å². The predicted molar refractivity (Wildman–Crippen MR) is 106 cm³/mol. The van der Waals surface area contributed by atoms with Gasteiger partial charge in [-0.3, -0.25) is 4.99 Å². The third-order valence-corrected chi connectivity index (χ3v) is 4.64. The number of hydrogen-bond donors (Lipinski definition) is 1. The van der Waals surface area contributed by atoms with Crippen molar-refractivity contribution in [3.63, 3.8) is 0 Å². The zero-order chi connectivity index (χ0) is 15.2. The van der Waals surface area contributed by atoms with E-state index in [-0.39, 0.29) is 24.0 Å². The van der Waals surface area contributed by atoms with Gasteiger partial charge in [-0.15, -0.1) is 24.0 Å². The van der Waals surface area contributed by atoms with Crippen LogP contribution in [-0.2, 0) is 6.42 Å². The predicted octanol–water partition coefficient (Wildman–Crippen LogP) is 3.66. The Hall–Kier alpha value is -0.500. The highest BCUT2D eigenvalue weighted by Gasteiger charge is 2.16. The first kappa shape index (κ1) is 19.5. The van der Waals surface area contributed by atoms with Crippen molar-refractivity contribution in [1.29, 1.82) is 0 Å². The van der Waals surface area contributed by atoms with Crippen LogP contribution in [0.25, 0.3) is 0 Å². The molecule has 1 aliphatic rings. The molecular formula is C16H25BrIN3O. The van der Waals surface area contributed by atoms with Gasteiger partial charge in [0.15, 0.2) is 5.96 Å². The third kappa shape index (κ3) is 5.30. The van der Waals surface area contributed by atoms with Gasteiger partial charge in [0.1, 0.15) is 5.75 Å². The van der Waals surface area contributed by atoms with Crippen molar-refractivity contribution in [2.45, 2.75) is 26.2 Å². The highest BCUT2D eigenvalue weighted by atomic mass is 127. The summed E-state index contributed by atoms with van der Waals surface area (Å²) in [5.74, 6) is 2.37. The van der Waals surface area contributed by atoms with Crippen molar-refractivity contribution < 1.29 is 4.74 Å². The summed E-state index contributed by atoms with van der Waals surface area (Å²) in [5.41, 5.74) is 7.24. The van der Waals surface area contributed by atoms with E-state index in [1.165, 1.54) is 12.8 Å². The van der Waals surface area contributed by atoms with Crippen molar-refractivity contribution in [3.05, 3.63) is 28.2 Å². The number of hydrogen-bond acceptors (Lipinski definition) is 2. The summed E-state index contributed by atoms with van der Waals surface area (Å²) in [7, 11) is 1.69. The standard InChI is InChI=1S/C16H24BrN3O.HI/c1-12-7-10-20(11-8-12)16(18)19-9-6-13-4-3-5-14(17)15(13)21-2;/h3-5,12H,6-11H2,1-2H3,(H2,18,19);1H. The van der Waals surface area contributed by atoms with Crippen molar-refractivity contribution in [2.24, 2.45) is 16.6 Å². The summed E-state index contributed by atoms with van der Waals surface area (Å²) in [6.07, 6.45) is 3.24. The number of ether oxygens (including phenoxy) is 1. The summed E-state index contributed by atoms with van der Waals surface area (Å²) in [6.45, 7) is 5.03. The molecule has 0 saturated carbocycles. The SMILES string of the molecule is COc1c(Br)cccc1CCN=C(N)N1CCC(C)CC1.I. The molecule has 0 radical (unpaired) electrons. The molecule has 124 valence electrons. The van der Waals surface area contributed by atoms with E-state index < -0.39 is 0 Å². The maximum absolute atomic E-state index is 6.09. The van der Waals surface area contributed by atoms with Crippen LogP contribution in [0.15, 0.2) is 27.7 Å². The van der Waals surface area contributed by atoms with Crippen LogP contribution in [0, 0.1) is 5.92 Å². The normalized spacial score (nSPS) is 16.3. The Balaban J connectivity index is 0.00000242. The van der Waals surface area contributed by atoms with Crippen molar-refractivity contribution in [2.75, 3.05) is 26.7 Å².